The second kappa shape index (κ2) is 4.78. The summed E-state index contributed by atoms with van der Waals surface area (Å²) in [5, 5.41) is 9.95. The van der Waals surface area contributed by atoms with Gasteiger partial charge < -0.3 is 16.2 Å². The highest BCUT2D eigenvalue weighted by Gasteiger charge is 2.29. The number of carbonyl (C=O) groups is 3. The van der Waals surface area contributed by atoms with Gasteiger partial charge in [-0.05, 0) is 0 Å². The summed E-state index contributed by atoms with van der Waals surface area (Å²) >= 11 is 1.01. The maximum absolute atomic E-state index is 11.1. The van der Waals surface area contributed by atoms with Gasteiger partial charge in [0.05, 0.1) is 0 Å². The lowest BCUT2D eigenvalue weighted by atomic mass is 10.3. The minimum Gasteiger partial charge on any atom is -0.480 e. The van der Waals surface area contributed by atoms with Gasteiger partial charge in [-0.2, -0.15) is 4.99 Å². The van der Waals surface area contributed by atoms with Gasteiger partial charge in [-0.3, -0.25) is 14.4 Å². The van der Waals surface area contributed by atoms with E-state index in [-0.39, 0.29) is 11.6 Å². The van der Waals surface area contributed by atoms with Crippen molar-refractivity contribution in [2.75, 3.05) is 6.54 Å². The van der Waals surface area contributed by atoms with E-state index in [9.17, 15) is 14.4 Å². The van der Waals surface area contributed by atoms with Gasteiger partial charge in [-0.25, -0.2) is 0 Å². The van der Waals surface area contributed by atoms with E-state index in [4.69, 9.17) is 10.8 Å². The molecule has 1 aliphatic rings. The van der Waals surface area contributed by atoms with Crippen molar-refractivity contribution in [3.05, 3.63) is 0 Å². The number of amides is 2. The quantitative estimate of drug-likeness (QED) is 0.543. The Labute approximate surface area is 89.1 Å². The van der Waals surface area contributed by atoms with Gasteiger partial charge in [0.2, 0.25) is 5.91 Å². The molecule has 0 saturated carbocycles. The van der Waals surface area contributed by atoms with Crippen LogP contribution in [0.25, 0.3) is 0 Å². The topological polar surface area (TPSA) is 122 Å². The van der Waals surface area contributed by atoms with E-state index < -0.39 is 29.6 Å². The summed E-state index contributed by atoms with van der Waals surface area (Å²) in [5.41, 5.74) is 5.28. The van der Waals surface area contributed by atoms with E-state index in [0.717, 1.165) is 11.8 Å². The number of nitrogens with zero attached hydrogens (tertiary/aromatic N) is 1. The van der Waals surface area contributed by atoms with Crippen LogP contribution < -0.4 is 11.1 Å². The number of carboxylic acid groups (broad SMARTS) is 1. The first kappa shape index (κ1) is 11.5. The van der Waals surface area contributed by atoms with Crippen LogP contribution in [0.2, 0.25) is 0 Å². The van der Waals surface area contributed by atoms with E-state index in [0.29, 0.717) is 0 Å². The molecule has 0 aromatic carbocycles. The Balaban J connectivity index is 2.34. The molecule has 0 saturated heterocycles. The van der Waals surface area contributed by atoms with Gasteiger partial charge in [0.1, 0.15) is 11.8 Å². The number of hydrogen-bond donors (Lipinski definition) is 3. The largest absolute Gasteiger partial charge is 0.480 e. The number of nitrogens with two attached hydrogens (primary N) is 1. The first-order chi connectivity index (χ1) is 6.99. The van der Waals surface area contributed by atoms with Crippen LogP contribution in [0.4, 0.5) is 0 Å². The number of carbonyl (C=O) groups excluding carboxylic acids is 2. The van der Waals surface area contributed by atoms with Crippen LogP contribution in [-0.2, 0) is 14.4 Å². The highest BCUT2D eigenvalue weighted by Crippen LogP contribution is 2.22. The Morgan fingerprint density at radius 3 is 2.73 bits per heavy atom. The van der Waals surface area contributed by atoms with Crippen LogP contribution in [0.3, 0.4) is 0 Å². The van der Waals surface area contributed by atoms with Crippen molar-refractivity contribution in [3.8, 4) is 0 Å². The lowest BCUT2D eigenvalue weighted by Crippen LogP contribution is -2.32. The zero-order valence-electron chi connectivity index (χ0n) is 7.60. The molecule has 1 atom stereocenters. The van der Waals surface area contributed by atoms with E-state index in [2.05, 4.69) is 10.3 Å². The highest BCUT2D eigenvalue weighted by atomic mass is 32.2. The van der Waals surface area contributed by atoms with Crippen LogP contribution >= 0.6 is 11.8 Å². The lowest BCUT2D eigenvalue weighted by Gasteiger charge is -2.05. The van der Waals surface area contributed by atoms with Gasteiger partial charge in [0, 0.05) is 6.42 Å². The van der Waals surface area contributed by atoms with Crippen molar-refractivity contribution >= 4 is 34.7 Å². The van der Waals surface area contributed by atoms with Gasteiger partial charge in [-0.1, -0.05) is 11.8 Å². The second-order valence-corrected chi connectivity index (χ2v) is 3.99. The van der Waals surface area contributed by atoms with E-state index in [1.165, 1.54) is 0 Å². The average molecular weight is 231 g/mol. The third kappa shape index (κ3) is 3.58. The number of thioether (sulfide) groups is 1. The molecular weight excluding hydrogens is 222 g/mol. The van der Waals surface area contributed by atoms with Crippen LogP contribution in [0.5, 0.6) is 0 Å². The molecule has 82 valence electrons. The van der Waals surface area contributed by atoms with Crippen molar-refractivity contribution in [3.63, 3.8) is 0 Å². The zero-order valence-corrected chi connectivity index (χ0v) is 8.41. The summed E-state index contributed by atoms with van der Waals surface area (Å²) < 4.78 is 0. The van der Waals surface area contributed by atoms with Gasteiger partial charge in [0.25, 0.3) is 5.91 Å². The van der Waals surface area contributed by atoms with E-state index in [1.807, 2.05) is 0 Å². The molecule has 15 heavy (non-hydrogen) atoms. The molecule has 0 radical (unpaired) electrons. The minimum absolute atomic E-state index is 0.110. The molecule has 1 heterocycles. The number of nitrogens with one attached hydrogen (secondary N) is 1. The molecular formula is C7H9N3O4S. The van der Waals surface area contributed by atoms with Gasteiger partial charge in [-0.15, -0.1) is 0 Å². The Hall–Kier alpha value is -1.57. The molecule has 0 bridgehead atoms. The molecule has 2 amide bonds. The summed E-state index contributed by atoms with van der Waals surface area (Å²) in [6.45, 7) is -0.458. The van der Waals surface area contributed by atoms with Gasteiger partial charge in [0.15, 0.2) is 5.17 Å². The monoisotopic (exact) mass is 231 g/mol. The molecule has 0 spiro atoms. The van der Waals surface area contributed by atoms with Crippen LogP contribution in [0.1, 0.15) is 6.42 Å². The van der Waals surface area contributed by atoms with Crippen molar-refractivity contribution in [2.24, 2.45) is 10.7 Å². The fourth-order valence-corrected chi connectivity index (χ4v) is 1.77. The molecule has 0 unspecified atom stereocenters. The number of carboxylic acids is 1. The number of hydrogen-bond acceptors (Lipinski definition) is 5. The summed E-state index contributed by atoms with van der Waals surface area (Å²) in [6.07, 6.45) is -0.110. The third-order valence-corrected chi connectivity index (χ3v) is 2.55. The Morgan fingerprint density at radius 1 is 1.60 bits per heavy atom. The summed E-state index contributed by atoms with van der Waals surface area (Å²) in [6, 6.07) is 0. The molecule has 1 aliphatic heterocycles. The average Bonchev–Trinajstić information content (AvgIpc) is 2.42. The number of amidine groups is 1. The fraction of sp³-hybridized carbons (Fsp3) is 0.429. The predicted molar refractivity (Wildman–Crippen MR) is 53.3 cm³/mol. The highest BCUT2D eigenvalue weighted by molar-refractivity contribution is 8.15. The lowest BCUT2D eigenvalue weighted by molar-refractivity contribution is -0.137. The van der Waals surface area contributed by atoms with Crippen LogP contribution in [0, 0.1) is 0 Å². The molecule has 7 nitrogen and oxygen atoms in total. The van der Waals surface area contributed by atoms with E-state index in [1.54, 1.807) is 0 Å². The van der Waals surface area contributed by atoms with Crippen LogP contribution in [0.15, 0.2) is 4.99 Å². The fourth-order valence-electron chi connectivity index (χ4n) is 0.947. The van der Waals surface area contributed by atoms with Crippen molar-refractivity contribution in [1.29, 1.82) is 0 Å². The normalized spacial score (nSPS) is 19.9. The molecule has 0 aliphatic carbocycles. The molecule has 0 fully saturated rings. The van der Waals surface area contributed by atoms with Crippen molar-refractivity contribution in [1.82, 2.24) is 5.32 Å². The summed E-state index contributed by atoms with van der Waals surface area (Å²) in [7, 11) is 0. The van der Waals surface area contributed by atoms with Crippen molar-refractivity contribution in [2.45, 2.75) is 11.7 Å². The Morgan fingerprint density at radius 2 is 2.27 bits per heavy atom. The smallest absolute Gasteiger partial charge is 0.322 e. The maximum Gasteiger partial charge on any atom is 0.322 e. The summed E-state index contributed by atoms with van der Waals surface area (Å²) in [4.78, 5) is 35.8. The van der Waals surface area contributed by atoms with Crippen LogP contribution in [-0.4, -0.2) is 39.9 Å². The first-order valence-corrected chi connectivity index (χ1v) is 4.90. The Kier molecular flexibility index (Phi) is 3.67. The minimum atomic E-state index is -1.13. The summed E-state index contributed by atoms with van der Waals surface area (Å²) in [5.74, 6) is -2.10. The molecule has 1 rings (SSSR count). The number of aliphatic carboxylic acids is 1. The Bertz CT molecular complexity index is 341. The molecule has 0 aromatic heterocycles. The third-order valence-electron chi connectivity index (χ3n) is 1.57. The van der Waals surface area contributed by atoms with E-state index >= 15 is 0 Å². The van der Waals surface area contributed by atoms with Crippen molar-refractivity contribution < 1.29 is 19.5 Å². The zero-order chi connectivity index (χ0) is 11.4. The molecule has 8 heteroatoms. The SMILES string of the molecule is NC1=NC(=O)[C@@H](CC(=O)NCC(=O)O)S1. The first-order valence-electron chi connectivity index (χ1n) is 4.02. The standard InChI is InChI=1S/C7H9N3O4S/c8-7-10-6(14)3(15-7)1-4(11)9-2-5(12)13/h3H,1-2H2,(H,9,11)(H,12,13)(H2,8,10,14)/t3-/m1/s1. The maximum atomic E-state index is 11.1. The second-order valence-electron chi connectivity index (χ2n) is 2.77. The number of rotatable bonds is 4. The number of aliphatic imine (C=N–C) groups is 1. The molecule has 4 N–H and O–H groups in total. The van der Waals surface area contributed by atoms with Gasteiger partial charge >= 0.3 is 5.97 Å². The molecule has 0 aromatic rings. The predicted octanol–water partition coefficient (Wildman–Crippen LogP) is -1.47.